The number of ether oxygens (including phenoxy) is 1. The van der Waals surface area contributed by atoms with Gasteiger partial charge in [-0.2, -0.15) is 5.26 Å². The number of nitrogens with zero attached hydrogens (tertiary/aromatic N) is 1. The van der Waals surface area contributed by atoms with Gasteiger partial charge in [-0.1, -0.05) is 41.4 Å². The highest BCUT2D eigenvalue weighted by Crippen LogP contribution is 2.26. The third-order valence-electron chi connectivity index (χ3n) is 3.06. The summed E-state index contributed by atoms with van der Waals surface area (Å²) in [6, 6.07) is 13.7. The molecule has 1 N–H and O–H groups in total. The quantitative estimate of drug-likeness (QED) is 0.606. The number of carbonyl (C=O) groups excluding carboxylic acids is 1. The lowest BCUT2D eigenvalue weighted by Crippen LogP contribution is -2.14. The predicted octanol–water partition coefficient (Wildman–Crippen LogP) is 4.94. The summed E-state index contributed by atoms with van der Waals surface area (Å²) in [7, 11) is 0. The number of para-hydroxylation sites is 2. The first kappa shape index (κ1) is 17.9. The molecular formula is C18H14Cl2N2O2. The van der Waals surface area contributed by atoms with Gasteiger partial charge in [-0.3, -0.25) is 4.79 Å². The van der Waals surface area contributed by atoms with Crippen LogP contribution in [0.3, 0.4) is 0 Å². The Morgan fingerprint density at radius 1 is 1.29 bits per heavy atom. The van der Waals surface area contributed by atoms with Crippen LogP contribution in [0.1, 0.15) is 12.5 Å². The number of carbonyl (C=O) groups is 1. The van der Waals surface area contributed by atoms with Crippen molar-refractivity contribution in [2.45, 2.75) is 6.92 Å². The molecule has 4 nitrogen and oxygen atoms in total. The van der Waals surface area contributed by atoms with Crippen molar-refractivity contribution >= 4 is 40.9 Å². The Hall–Kier alpha value is -2.48. The van der Waals surface area contributed by atoms with Gasteiger partial charge in [0.2, 0.25) is 0 Å². The number of amides is 1. The highest BCUT2D eigenvalue weighted by atomic mass is 35.5. The molecule has 6 heteroatoms. The zero-order chi connectivity index (χ0) is 17.5. The summed E-state index contributed by atoms with van der Waals surface area (Å²) >= 11 is 11.9. The van der Waals surface area contributed by atoms with Gasteiger partial charge in [0.05, 0.1) is 12.3 Å². The molecule has 2 aromatic carbocycles. The maximum absolute atomic E-state index is 12.4. The Bertz CT molecular complexity index is 826. The molecule has 0 fully saturated rings. The summed E-state index contributed by atoms with van der Waals surface area (Å²) < 4.78 is 5.45. The zero-order valence-corrected chi connectivity index (χ0v) is 14.4. The third kappa shape index (κ3) is 4.51. The van der Waals surface area contributed by atoms with E-state index in [0.717, 1.165) is 0 Å². The fourth-order valence-electron chi connectivity index (χ4n) is 1.96. The molecule has 0 aliphatic carbocycles. The molecule has 122 valence electrons. The van der Waals surface area contributed by atoms with Crippen LogP contribution in [-0.2, 0) is 4.79 Å². The highest BCUT2D eigenvalue weighted by molar-refractivity contribution is 6.35. The first-order chi connectivity index (χ1) is 11.5. The van der Waals surface area contributed by atoms with Crippen LogP contribution in [0.15, 0.2) is 48.0 Å². The van der Waals surface area contributed by atoms with E-state index >= 15 is 0 Å². The van der Waals surface area contributed by atoms with Crippen molar-refractivity contribution in [2.75, 3.05) is 11.9 Å². The Kier molecular flexibility index (Phi) is 6.25. The smallest absolute Gasteiger partial charge is 0.266 e. The van der Waals surface area contributed by atoms with Crippen molar-refractivity contribution in [3.8, 4) is 11.8 Å². The van der Waals surface area contributed by atoms with E-state index in [4.69, 9.17) is 27.9 Å². The first-order valence-corrected chi connectivity index (χ1v) is 7.90. The van der Waals surface area contributed by atoms with Crippen molar-refractivity contribution in [1.29, 1.82) is 5.26 Å². The molecule has 0 bridgehead atoms. The molecule has 0 atom stereocenters. The summed E-state index contributed by atoms with van der Waals surface area (Å²) in [5, 5.41) is 12.8. The fraction of sp³-hybridized carbons (Fsp3) is 0.111. The SMILES string of the molecule is CCOc1ccccc1NC(=O)/C(C#N)=C/c1ccc(Cl)cc1Cl. The molecule has 0 saturated carbocycles. The molecule has 2 aromatic rings. The lowest BCUT2D eigenvalue weighted by atomic mass is 10.1. The van der Waals surface area contributed by atoms with E-state index in [0.29, 0.717) is 33.7 Å². The topological polar surface area (TPSA) is 62.1 Å². The summed E-state index contributed by atoms with van der Waals surface area (Å²) in [6.45, 7) is 2.32. The van der Waals surface area contributed by atoms with Crippen molar-refractivity contribution < 1.29 is 9.53 Å². The summed E-state index contributed by atoms with van der Waals surface area (Å²) in [5.74, 6) is -0.00849. The molecule has 0 aliphatic heterocycles. The van der Waals surface area contributed by atoms with Gasteiger partial charge in [-0.15, -0.1) is 0 Å². The van der Waals surface area contributed by atoms with Gasteiger partial charge in [-0.05, 0) is 42.8 Å². The van der Waals surface area contributed by atoms with Gasteiger partial charge in [0.15, 0.2) is 0 Å². The van der Waals surface area contributed by atoms with Crippen LogP contribution in [-0.4, -0.2) is 12.5 Å². The van der Waals surface area contributed by atoms with Gasteiger partial charge in [0.25, 0.3) is 5.91 Å². The van der Waals surface area contributed by atoms with Crippen LogP contribution < -0.4 is 10.1 Å². The van der Waals surface area contributed by atoms with Crippen LogP contribution in [0.2, 0.25) is 10.0 Å². The van der Waals surface area contributed by atoms with Gasteiger partial charge in [-0.25, -0.2) is 0 Å². The monoisotopic (exact) mass is 360 g/mol. The van der Waals surface area contributed by atoms with Crippen molar-refractivity contribution in [3.63, 3.8) is 0 Å². The fourth-order valence-corrected chi connectivity index (χ4v) is 2.43. The van der Waals surface area contributed by atoms with Gasteiger partial charge < -0.3 is 10.1 Å². The minimum absolute atomic E-state index is 0.0782. The molecule has 0 aliphatic rings. The summed E-state index contributed by atoms with van der Waals surface area (Å²) in [5.41, 5.74) is 0.948. The van der Waals surface area contributed by atoms with Gasteiger partial charge >= 0.3 is 0 Å². The minimum Gasteiger partial charge on any atom is -0.492 e. The van der Waals surface area contributed by atoms with Crippen LogP contribution >= 0.6 is 23.2 Å². The number of anilines is 1. The van der Waals surface area contributed by atoms with E-state index in [9.17, 15) is 10.1 Å². The Morgan fingerprint density at radius 2 is 2.04 bits per heavy atom. The highest BCUT2D eigenvalue weighted by Gasteiger charge is 2.13. The van der Waals surface area contributed by atoms with Gasteiger partial charge in [0.1, 0.15) is 17.4 Å². The van der Waals surface area contributed by atoms with E-state index in [-0.39, 0.29) is 5.57 Å². The first-order valence-electron chi connectivity index (χ1n) is 7.15. The van der Waals surface area contributed by atoms with Crippen molar-refractivity contribution in [2.24, 2.45) is 0 Å². The average molecular weight is 361 g/mol. The van der Waals surface area contributed by atoms with Gasteiger partial charge in [0, 0.05) is 10.0 Å². The number of benzene rings is 2. The maximum Gasteiger partial charge on any atom is 0.266 e. The predicted molar refractivity (Wildman–Crippen MR) is 96.3 cm³/mol. The van der Waals surface area contributed by atoms with Crippen molar-refractivity contribution in [3.05, 3.63) is 63.6 Å². The van der Waals surface area contributed by atoms with E-state index in [2.05, 4.69) is 5.32 Å². The lowest BCUT2D eigenvalue weighted by Gasteiger charge is -2.10. The average Bonchev–Trinajstić information content (AvgIpc) is 2.56. The maximum atomic E-state index is 12.4. The molecule has 2 rings (SSSR count). The standard InChI is InChI=1S/C18H14Cl2N2O2/c1-2-24-17-6-4-3-5-16(17)22-18(23)13(11-21)9-12-7-8-14(19)10-15(12)20/h3-10H,2H2,1H3,(H,22,23)/b13-9+. The molecule has 0 radical (unpaired) electrons. The molecular weight excluding hydrogens is 347 g/mol. The molecule has 0 saturated heterocycles. The molecule has 0 spiro atoms. The van der Waals surface area contributed by atoms with Crippen LogP contribution in [0.4, 0.5) is 5.69 Å². The number of nitriles is 1. The molecule has 0 aromatic heterocycles. The second-order valence-electron chi connectivity index (χ2n) is 4.72. The Morgan fingerprint density at radius 3 is 2.71 bits per heavy atom. The van der Waals surface area contributed by atoms with Crippen LogP contribution in [0.25, 0.3) is 6.08 Å². The Labute approximate surface area is 150 Å². The van der Waals surface area contributed by atoms with Crippen LogP contribution in [0.5, 0.6) is 5.75 Å². The normalized spacial score (nSPS) is 10.8. The minimum atomic E-state index is -0.546. The molecule has 0 heterocycles. The van der Waals surface area contributed by atoms with Crippen LogP contribution in [0, 0.1) is 11.3 Å². The second kappa shape index (κ2) is 8.39. The Balaban J connectivity index is 2.27. The molecule has 24 heavy (non-hydrogen) atoms. The molecule has 0 unspecified atom stereocenters. The lowest BCUT2D eigenvalue weighted by molar-refractivity contribution is -0.112. The zero-order valence-electron chi connectivity index (χ0n) is 12.8. The second-order valence-corrected chi connectivity index (χ2v) is 5.56. The number of halogens is 2. The van der Waals surface area contributed by atoms with E-state index < -0.39 is 5.91 Å². The van der Waals surface area contributed by atoms with Crippen molar-refractivity contribution in [1.82, 2.24) is 0 Å². The number of nitrogens with one attached hydrogen (secondary N) is 1. The van der Waals surface area contributed by atoms with E-state index in [1.165, 1.54) is 6.08 Å². The summed E-state index contributed by atoms with van der Waals surface area (Å²) in [4.78, 5) is 12.4. The largest absolute Gasteiger partial charge is 0.492 e. The number of hydrogen-bond acceptors (Lipinski definition) is 3. The third-order valence-corrected chi connectivity index (χ3v) is 3.62. The summed E-state index contributed by atoms with van der Waals surface area (Å²) in [6.07, 6.45) is 1.41. The van der Waals surface area contributed by atoms with E-state index in [1.807, 2.05) is 13.0 Å². The molecule has 1 amide bonds. The number of rotatable bonds is 5. The van der Waals surface area contributed by atoms with E-state index in [1.54, 1.807) is 42.5 Å². The number of hydrogen-bond donors (Lipinski definition) is 1.